The molecule has 23 heavy (non-hydrogen) atoms. The highest BCUT2D eigenvalue weighted by atomic mass is 19.1. The van der Waals surface area contributed by atoms with Gasteiger partial charge in [0.15, 0.2) is 0 Å². The number of rotatable bonds is 7. The summed E-state index contributed by atoms with van der Waals surface area (Å²) < 4.78 is 12.9. The Kier molecular flexibility index (Phi) is 6.15. The Balaban J connectivity index is 1.99. The van der Waals surface area contributed by atoms with Crippen molar-refractivity contribution in [2.24, 2.45) is 0 Å². The Hall–Kier alpha value is -2.36. The quantitative estimate of drug-likeness (QED) is 0.800. The smallest absolute Gasteiger partial charge is 0.242 e. The summed E-state index contributed by atoms with van der Waals surface area (Å²) >= 11 is 0. The highest BCUT2D eigenvalue weighted by Gasteiger charge is 2.18. The van der Waals surface area contributed by atoms with Crippen molar-refractivity contribution in [2.75, 3.05) is 5.32 Å². The van der Waals surface area contributed by atoms with Gasteiger partial charge in [-0.2, -0.15) is 0 Å². The van der Waals surface area contributed by atoms with Gasteiger partial charge in [0.1, 0.15) is 11.9 Å². The van der Waals surface area contributed by atoms with Crippen LogP contribution in [0.1, 0.15) is 38.3 Å². The van der Waals surface area contributed by atoms with E-state index in [1.165, 1.54) is 12.1 Å². The molecule has 0 aliphatic heterocycles. The van der Waals surface area contributed by atoms with Crippen molar-refractivity contribution in [2.45, 2.75) is 38.8 Å². The second kappa shape index (κ2) is 8.32. The van der Waals surface area contributed by atoms with E-state index in [0.29, 0.717) is 0 Å². The second-order valence-corrected chi connectivity index (χ2v) is 5.63. The summed E-state index contributed by atoms with van der Waals surface area (Å²) in [5, 5.41) is 6.18. The van der Waals surface area contributed by atoms with Gasteiger partial charge in [0, 0.05) is 5.69 Å². The number of halogens is 1. The zero-order chi connectivity index (χ0) is 16.7. The molecule has 0 saturated heterocycles. The summed E-state index contributed by atoms with van der Waals surface area (Å²) in [6.45, 7) is 3.90. The maximum atomic E-state index is 12.9. The van der Waals surface area contributed by atoms with Crippen LogP contribution in [0.5, 0.6) is 0 Å². The standard InChI is InChI=1S/C19H23FN2O/c1-3-7-18(15-8-5-4-6-9-15)22-19(23)14(2)21-17-12-10-16(20)11-13-17/h4-6,8-14,18,21H,3,7H2,1-2H3,(H,22,23). The summed E-state index contributed by atoms with van der Waals surface area (Å²) in [6.07, 6.45) is 1.87. The lowest BCUT2D eigenvalue weighted by molar-refractivity contribution is -0.122. The molecular weight excluding hydrogens is 291 g/mol. The van der Waals surface area contributed by atoms with Gasteiger partial charge in [-0.25, -0.2) is 4.39 Å². The molecule has 2 rings (SSSR count). The number of hydrogen-bond acceptors (Lipinski definition) is 2. The molecule has 0 aliphatic carbocycles. The summed E-state index contributed by atoms with van der Waals surface area (Å²) in [4.78, 5) is 12.4. The Labute approximate surface area is 136 Å². The number of nitrogens with one attached hydrogen (secondary N) is 2. The van der Waals surface area contributed by atoms with Gasteiger partial charge in [-0.3, -0.25) is 4.79 Å². The van der Waals surface area contributed by atoms with Gasteiger partial charge >= 0.3 is 0 Å². The largest absolute Gasteiger partial charge is 0.374 e. The average Bonchev–Trinajstić information content (AvgIpc) is 2.57. The molecule has 122 valence electrons. The third-order valence-corrected chi connectivity index (χ3v) is 3.72. The molecule has 1 amide bonds. The summed E-state index contributed by atoms with van der Waals surface area (Å²) in [7, 11) is 0. The van der Waals surface area contributed by atoms with Crippen LogP contribution in [0.25, 0.3) is 0 Å². The van der Waals surface area contributed by atoms with E-state index in [-0.39, 0.29) is 17.8 Å². The number of amides is 1. The predicted molar refractivity (Wildman–Crippen MR) is 91.7 cm³/mol. The maximum Gasteiger partial charge on any atom is 0.242 e. The lowest BCUT2D eigenvalue weighted by Crippen LogP contribution is -2.39. The fourth-order valence-corrected chi connectivity index (χ4v) is 2.45. The van der Waals surface area contributed by atoms with E-state index in [1.54, 1.807) is 19.1 Å². The molecule has 2 aromatic carbocycles. The van der Waals surface area contributed by atoms with E-state index >= 15 is 0 Å². The van der Waals surface area contributed by atoms with Crippen molar-refractivity contribution in [3.05, 3.63) is 66.0 Å². The Bertz CT molecular complexity index is 613. The number of benzene rings is 2. The number of hydrogen-bond donors (Lipinski definition) is 2. The molecule has 0 spiro atoms. The normalized spacial score (nSPS) is 13.2. The van der Waals surface area contributed by atoms with Crippen LogP contribution in [0.4, 0.5) is 10.1 Å². The molecular formula is C19H23FN2O. The minimum atomic E-state index is -0.400. The topological polar surface area (TPSA) is 41.1 Å². The Morgan fingerprint density at radius 3 is 2.35 bits per heavy atom. The molecule has 2 unspecified atom stereocenters. The summed E-state index contributed by atoms with van der Waals surface area (Å²) in [5.41, 5.74) is 1.83. The predicted octanol–water partition coefficient (Wildman–Crippen LogP) is 4.28. The maximum absolute atomic E-state index is 12.9. The molecule has 2 atom stereocenters. The van der Waals surface area contributed by atoms with Crippen LogP contribution in [0, 0.1) is 5.82 Å². The Morgan fingerprint density at radius 2 is 1.74 bits per heavy atom. The van der Waals surface area contributed by atoms with Gasteiger partial charge in [-0.1, -0.05) is 43.7 Å². The number of carbonyl (C=O) groups excluding carboxylic acids is 1. The molecule has 0 bridgehead atoms. The third-order valence-electron chi connectivity index (χ3n) is 3.72. The molecule has 4 heteroatoms. The van der Waals surface area contributed by atoms with Crippen LogP contribution in [0.15, 0.2) is 54.6 Å². The van der Waals surface area contributed by atoms with Crippen LogP contribution in [0.3, 0.4) is 0 Å². The van der Waals surface area contributed by atoms with Crippen molar-refractivity contribution in [1.29, 1.82) is 0 Å². The minimum absolute atomic E-state index is 0.00571. The van der Waals surface area contributed by atoms with Crippen molar-refractivity contribution in [3.8, 4) is 0 Å². The fraction of sp³-hybridized carbons (Fsp3) is 0.316. The van der Waals surface area contributed by atoms with E-state index in [9.17, 15) is 9.18 Å². The van der Waals surface area contributed by atoms with Crippen molar-refractivity contribution in [1.82, 2.24) is 5.32 Å². The third kappa shape index (κ3) is 5.09. The molecule has 0 aliphatic rings. The average molecular weight is 314 g/mol. The van der Waals surface area contributed by atoms with Gasteiger partial charge in [0.2, 0.25) is 5.91 Å². The van der Waals surface area contributed by atoms with Crippen LogP contribution >= 0.6 is 0 Å². The van der Waals surface area contributed by atoms with Gasteiger partial charge in [0.25, 0.3) is 0 Å². The monoisotopic (exact) mass is 314 g/mol. The highest BCUT2D eigenvalue weighted by molar-refractivity contribution is 5.84. The molecule has 0 heterocycles. The number of anilines is 1. The van der Waals surface area contributed by atoms with E-state index in [1.807, 2.05) is 30.3 Å². The number of carbonyl (C=O) groups is 1. The van der Waals surface area contributed by atoms with Crippen molar-refractivity contribution >= 4 is 11.6 Å². The molecule has 3 nitrogen and oxygen atoms in total. The first kappa shape index (κ1) is 17.0. The fourth-order valence-electron chi connectivity index (χ4n) is 2.45. The van der Waals surface area contributed by atoms with E-state index < -0.39 is 6.04 Å². The lowest BCUT2D eigenvalue weighted by Gasteiger charge is -2.22. The second-order valence-electron chi connectivity index (χ2n) is 5.63. The first-order valence-corrected chi connectivity index (χ1v) is 7.97. The summed E-state index contributed by atoms with van der Waals surface area (Å²) in [5.74, 6) is -0.364. The van der Waals surface area contributed by atoms with Crippen LogP contribution in [-0.4, -0.2) is 11.9 Å². The molecule has 2 aromatic rings. The molecule has 0 saturated carbocycles. The van der Waals surface area contributed by atoms with Crippen molar-refractivity contribution < 1.29 is 9.18 Å². The molecule has 2 N–H and O–H groups in total. The Morgan fingerprint density at radius 1 is 1.09 bits per heavy atom. The van der Waals surface area contributed by atoms with Crippen LogP contribution < -0.4 is 10.6 Å². The lowest BCUT2D eigenvalue weighted by atomic mass is 10.0. The first-order chi connectivity index (χ1) is 11.1. The molecule has 0 fully saturated rings. The highest BCUT2D eigenvalue weighted by Crippen LogP contribution is 2.18. The molecule has 0 aromatic heterocycles. The van der Waals surface area contributed by atoms with Gasteiger partial charge in [-0.15, -0.1) is 0 Å². The van der Waals surface area contributed by atoms with Crippen LogP contribution in [-0.2, 0) is 4.79 Å². The minimum Gasteiger partial charge on any atom is -0.374 e. The zero-order valence-electron chi connectivity index (χ0n) is 13.6. The van der Waals surface area contributed by atoms with Gasteiger partial charge in [0.05, 0.1) is 6.04 Å². The van der Waals surface area contributed by atoms with Gasteiger partial charge < -0.3 is 10.6 Å². The van der Waals surface area contributed by atoms with Gasteiger partial charge in [-0.05, 0) is 43.2 Å². The van der Waals surface area contributed by atoms with E-state index in [4.69, 9.17) is 0 Å². The van der Waals surface area contributed by atoms with E-state index in [2.05, 4.69) is 17.6 Å². The summed E-state index contributed by atoms with van der Waals surface area (Å²) in [6, 6.07) is 15.6. The van der Waals surface area contributed by atoms with Crippen LogP contribution in [0.2, 0.25) is 0 Å². The SMILES string of the molecule is CCCC(NC(=O)C(C)Nc1ccc(F)cc1)c1ccccc1. The molecule has 0 radical (unpaired) electrons. The first-order valence-electron chi connectivity index (χ1n) is 7.97. The zero-order valence-corrected chi connectivity index (χ0v) is 13.6. The van der Waals surface area contributed by atoms with E-state index in [0.717, 1.165) is 24.1 Å². The van der Waals surface area contributed by atoms with Crippen molar-refractivity contribution in [3.63, 3.8) is 0 Å².